The summed E-state index contributed by atoms with van der Waals surface area (Å²) in [6.45, 7) is 6.85. The van der Waals surface area contributed by atoms with Crippen LogP contribution in [0.5, 0.6) is 5.75 Å². The lowest BCUT2D eigenvalue weighted by atomic mass is 9.95. The molecule has 2 saturated heterocycles. The third-order valence-corrected chi connectivity index (χ3v) is 5.77. The first-order chi connectivity index (χ1) is 14.3. The van der Waals surface area contributed by atoms with Crippen LogP contribution in [-0.4, -0.2) is 64.4 Å². The molecule has 1 aromatic carbocycles. The first-order valence-corrected chi connectivity index (χ1v) is 10.2. The molecule has 4 heterocycles. The highest BCUT2D eigenvalue weighted by atomic mass is 16.5. The van der Waals surface area contributed by atoms with Gasteiger partial charge in [0.2, 0.25) is 5.95 Å². The molecule has 2 aliphatic heterocycles. The van der Waals surface area contributed by atoms with Crippen molar-refractivity contribution in [3.8, 4) is 17.0 Å². The molecular weight excluding hydrogens is 368 g/mol. The number of nitrogens with zero attached hydrogens (tertiary/aromatic N) is 4. The minimum atomic E-state index is 0.162. The molecule has 0 aliphatic carbocycles. The fourth-order valence-electron chi connectivity index (χ4n) is 4.31. The second kappa shape index (κ2) is 8.34. The molecule has 0 spiro atoms. The van der Waals surface area contributed by atoms with E-state index in [0.29, 0.717) is 23.4 Å². The first-order valence-electron chi connectivity index (χ1n) is 10.2. The number of fused-ring (bicyclic) bond motifs is 2. The van der Waals surface area contributed by atoms with Crippen LogP contribution in [0.15, 0.2) is 30.6 Å². The third-order valence-electron chi connectivity index (χ3n) is 5.77. The van der Waals surface area contributed by atoms with Crippen LogP contribution < -0.4 is 15.0 Å². The first kappa shape index (κ1) is 19.6. The number of benzene rings is 1. The number of nitrogens with one attached hydrogen (secondary N) is 2. The highest BCUT2D eigenvalue weighted by molar-refractivity contribution is 5.88. The van der Waals surface area contributed by atoms with Gasteiger partial charge in [-0.15, -0.1) is 0 Å². The van der Waals surface area contributed by atoms with Crippen LogP contribution >= 0.6 is 0 Å². The van der Waals surface area contributed by atoms with E-state index in [9.17, 15) is 5.11 Å². The number of hydrogen-bond donors (Lipinski definition) is 3. The van der Waals surface area contributed by atoms with Crippen molar-refractivity contribution in [3.63, 3.8) is 0 Å². The van der Waals surface area contributed by atoms with Crippen molar-refractivity contribution in [2.45, 2.75) is 19.9 Å². The van der Waals surface area contributed by atoms with Gasteiger partial charge in [0.05, 0.1) is 20.0 Å². The number of aliphatic hydroxyl groups excluding tert-OH is 1. The van der Waals surface area contributed by atoms with Gasteiger partial charge < -0.3 is 25.0 Å². The van der Waals surface area contributed by atoms with Gasteiger partial charge in [-0.25, -0.2) is 9.97 Å². The maximum absolute atomic E-state index is 9.58. The van der Waals surface area contributed by atoms with E-state index in [-0.39, 0.29) is 12.6 Å². The number of aliphatic hydroxyl groups is 1. The number of hydrogen-bond acceptors (Lipinski definition) is 7. The Balaban J connectivity index is 0.000000994. The van der Waals surface area contributed by atoms with Crippen LogP contribution in [0, 0.1) is 11.8 Å². The summed E-state index contributed by atoms with van der Waals surface area (Å²) in [6, 6.07) is 8.01. The third kappa shape index (κ3) is 3.54. The lowest BCUT2D eigenvalue weighted by molar-refractivity contribution is 0.227. The van der Waals surface area contributed by atoms with Crippen molar-refractivity contribution in [2.75, 3.05) is 38.3 Å². The fraction of sp³-hybridized carbons (Fsp3) is 0.476. The van der Waals surface area contributed by atoms with Crippen LogP contribution in [0.3, 0.4) is 0 Å². The van der Waals surface area contributed by atoms with Crippen LogP contribution in [0.4, 0.5) is 5.95 Å². The molecule has 3 unspecified atom stereocenters. The summed E-state index contributed by atoms with van der Waals surface area (Å²) in [5.74, 6) is 2.46. The summed E-state index contributed by atoms with van der Waals surface area (Å²) in [5, 5.41) is 13.0. The van der Waals surface area contributed by atoms with E-state index in [1.807, 2.05) is 38.1 Å². The number of imidazole rings is 1. The molecule has 8 nitrogen and oxygen atoms in total. The molecule has 8 heteroatoms. The number of aromatic amines is 1. The largest absolute Gasteiger partial charge is 0.497 e. The van der Waals surface area contributed by atoms with Crippen LogP contribution in [0.25, 0.3) is 22.4 Å². The van der Waals surface area contributed by atoms with Gasteiger partial charge in [0, 0.05) is 31.2 Å². The highest BCUT2D eigenvalue weighted by Crippen LogP contribution is 2.34. The van der Waals surface area contributed by atoms with Crippen molar-refractivity contribution in [1.29, 1.82) is 0 Å². The van der Waals surface area contributed by atoms with E-state index in [4.69, 9.17) is 9.72 Å². The smallest absolute Gasteiger partial charge is 0.228 e. The summed E-state index contributed by atoms with van der Waals surface area (Å²) in [5.41, 5.74) is 3.32. The molecule has 0 bridgehead atoms. The zero-order valence-electron chi connectivity index (χ0n) is 17.1. The number of methoxy groups -OCH3 is 1. The molecule has 3 atom stereocenters. The molecule has 154 valence electrons. The Kier molecular flexibility index (Phi) is 5.64. The molecular formula is C21H28N6O2. The maximum Gasteiger partial charge on any atom is 0.228 e. The van der Waals surface area contributed by atoms with E-state index in [1.165, 1.54) is 0 Å². The Morgan fingerprint density at radius 1 is 1.17 bits per heavy atom. The second-order valence-corrected chi connectivity index (χ2v) is 7.23. The zero-order valence-corrected chi connectivity index (χ0v) is 17.1. The monoisotopic (exact) mass is 396 g/mol. The van der Waals surface area contributed by atoms with Gasteiger partial charge in [-0.1, -0.05) is 13.8 Å². The summed E-state index contributed by atoms with van der Waals surface area (Å²) >= 11 is 0. The molecule has 2 aromatic heterocycles. The zero-order chi connectivity index (χ0) is 20.4. The molecule has 3 aromatic rings. The standard InChI is InChI=1S/C19H22N6O2.C2H6/c1-27-13-4-2-11(3-5-13)16-17-18(22-10-21-17)24-19(23-16)25-7-12-6-20-15(9-26)14(12)8-25;1-2/h2-5,10,12,14-15,20,26H,6-9H2,1H3,(H,21,22,23,24);1-2H3. The summed E-state index contributed by atoms with van der Waals surface area (Å²) in [6.07, 6.45) is 1.65. The Hall–Kier alpha value is -2.71. The van der Waals surface area contributed by atoms with E-state index in [0.717, 1.165) is 42.2 Å². The maximum atomic E-state index is 9.58. The van der Waals surface area contributed by atoms with Gasteiger partial charge in [-0.2, -0.15) is 4.98 Å². The average Bonchev–Trinajstić information content (AvgIpc) is 3.49. The van der Waals surface area contributed by atoms with E-state index >= 15 is 0 Å². The lowest BCUT2D eigenvalue weighted by Gasteiger charge is -2.20. The number of H-pyrrole nitrogens is 1. The predicted octanol–water partition coefficient (Wildman–Crippen LogP) is 2.07. The topological polar surface area (TPSA) is 99.2 Å². The summed E-state index contributed by atoms with van der Waals surface area (Å²) in [7, 11) is 1.66. The molecule has 0 saturated carbocycles. The molecule has 2 aliphatic rings. The Morgan fingerprint density at radius 2 is 1.97 bits per heavy atom. The van der Waals surface area contributed by atoms with Crippen LogP contribution in [0.2, 0.25) is 0 Å². The summed E-state index contributed by atoms with van der Waals surface area (Å²) in [4.78, 5) is 19.3. The minimum Gasteiger partial charge on any atom is -0.497 e. The van der Waals surface area contributed by atoms with Crippen LogP contribution in [-0.2, 0) is 0 Å². The number of anilines is 1. The SMILES string of the molecule is CC.COc1ccc(-c2nc(N3CC4CNC(CO)C4C3)nc3nc[nH]c23)cc1. The van der Waals surface area contributed by atoms with Gasteiger partial charge >= 0.3 is 0 Å². The van der Waals surface area contributed by atoms with E-state index in [2.05, 4.69) is 25.2 Å². The van der Waals surface area contributed by atoms with Crippen molar-refractivity contribution in [1.82, 2.24) is 25.3 Å². The van der Waals surface area contributed by atoms with Gasteiger partial charge in [-0.3, -0.25) is 0 Å². The van der Waals surface area contributed by atoms with Gasteiger partial charge in [0.15, 0.2) is 5.65 Å². The van der Waals surface area contributed by atoms with Gasteiger partial charge in [0.25, 0.3) is 0 Å². The predicted molar refractivity (Wildman–Crippen MR) is 113 cm³/mol. The Bertz CT molecular complexity index is 957. The molecule has 0 radical (unpaired) electrons. The fourth-order valence-corrected chi connectivity index (χ4v) is 4.31. The molecule has 3 N–H and O–H groups in total. The van der Waals surface area contributed by atoms with Crippen molar-refractivity contribution in [2.24, 2.45) is 11.8 Å². The lowest BCUT2D eigenvalue weighted by Crippen LogP contribution is -2.35. The summed E-state index contributed by atoms with van der Waals surface area (Å²) < 4.78 is 5.26. The highest BCUT2D eigenvalue weighted by Gasteiger charge is 2.43. The molecule has 29 heavy (non-hydrogen) atoms. The second-order valence-electron chi connectivity index (χ2n) is 7.23. The quantitative estimate of drug-likeness (QED) is 0.621. The van der Waals surface area contributed by atoms with E-state index in [1.54, 1.807) is 13.4 Å². The minimum absolute atomic E-state index is 0.162. The normalized spacial score (nSPS) is 23.0. The van der Waals surface area contributed by atoms with E-state index < -0.39 is 0 Å². The molecule has 5 rings (SSSR count). The van der Waals surface area contributed by atoms with Crippen molar-refractivity contribution in [3.05, 3.63) is 30.6 Å². The Labute approximate surface area is 170 Å². The number of rotatable bonds is 4. The van der Waals surface area contributed by atoms with Crippen molar-refractivity contribution >= 4 is 17.1 Å². The van der Waals surface area contributed by atoms with Crippen molar-refractivity contribution < 1.29 is 9.84 Å². The van der Waals surface area contributed by atoms with Gasteiger partial charge in [-0.05, 0) is 36.1 Å². The van der Waals surface area contributed by atoms with Gasteiger partial charge in [0.1, 0.15) is 17.0 Å². The molecule has 0 amide bonds. The van der Waals surface area contributed by atoms with Crippen LogP contribution in [0.1, 0.15) is 13.8 Å². The average molecular weight is 396 g/mol. The number of ether oxygens (including phenoxy) is 1. The number of aromatic nitrogens is 4. The molecule has 2 fully saturated rings. The Morgan fingerprint density at radius 3 is 2.69 bits per heavy atom.